The number of hydrogen-bond acceptors (Lipinski definition) is 4. The Balaban J connectivity index is 3.50. The smallest absolute Gasteiger partial charge is 0.244 e. The summed E-state index contributed by atoms with van der Waals surface area (Å²) < 4.78 is 32.0. The Morgan fingerprint density at radius 2 is 1.89 bits per heavy atom. The van der Waals surface area contributed by atoms with Gasteiger partial charge < -0.3 is 10.5 Å². The van der Waals surface area contributed by atoms with E-state index in [4.69, 9.17) is 10.5 Å². The van der Waals surface area contributed by atoms with Crippen molar-refractivity contribution < 1.29 is 13.2 Å². The Morgan fingerprint density at radius 1 is 1.33 bits per heavy atom. The van der Waals surface area contributed by atoms with Crippen molar-refractivity contribution >= 4 is 15.7 Å². The highest BCUT2D eigenvalue weighted by molar-refractivity contribution is 7.89. The maximum absolute atomic E-state index is 12.2. The molecule has 0 unspecified atom stereocenters. The van der Waals surface area contributed by atoms with Gasteiger partial charge in [-0.2, -0.15) is 0 Å². The number of methoxy groups -OCH3 is 1. The molecule has 5 nitrogen and oxygen atoms in total. The van der Waals surface area contributed by atoms with Crippen molar-refractivity contribution in [2.45, 2.75) is 38.6 Å². The number of rotatable bonds is 4. The van der Waals surface area contributed by atoms with Crippen LogP contribution in [0.1, 0.15) is 25.0 Å². The van der Waals surface area contributed by atoms with Gasteiger partial charge in [-0.05, 0) is 44.9 Å². The van der Waals surface area contributed by atoms with Crippen molar-refractivity contribution in [3.05, 3.63) is 17.2 Å². The molecule has 0 spiro atoms. The molecule has 0 atom stereocenters. The zero-order valence-electron chi connectivity index (χ0n) is 11.4. The maximum atomic E-state index is 12.2. The van der Waals surface area contributed by atoms with E-state index in [0.717, 1.165) is 11.1 Å². The number of nitrogens with one attached hydrogen (secondary N) is 1. The fourth-order valence-corrected chi connectivity index (χ4v) is 3.19. The molecule has 0 fully saturated rings. The lowest BCUT2D eigenvalue weighted by Crippen LogP contribution is -2.30. The van der Waals surface area contributed by atoms with E-state index < -0.39 is 10.0 Å². The van der Waals surface area contributed by atoms with Gasteiger partial charge in [-0.25, -0.2) is 13.1 Å². The predicted octanol–water partition coefficient (Wildman–Crippen LogP) is 1.58. The topological polar surface area (TPSA) is 81.4 Å². The zero-order chi connectivity index (χ0) is 14.1. The molecule has 0 radical (unpaired) electrons. The molecule has 0 saturated heterocycles. The number of hydrogen-bond donors (Lipinski definition) is 2. The van der Waals surface area contributed by atoms with E-state index >= 15 is 0 Å². The van der Waals surface area contributed by atoms with E-state index in [1.54, 1.807) is 19.9 Å². The first-order valence-electron chi connectivity index (χ1n) is 5.66. The summed E-state index contributed by atoms with van der Waals surface area (Å²) in [6.07, 6.45) is 0. The van der Waals surface area contributed by atoms with Gasteiger partial charge in [-0.1, -0.05) is 0 Å². The fourth-order valence-electron chi connectivity index (χ4n) is 1.67. The lowest BCUT2D eigenvalue weighted by molar-refractivity contribution is 0.404. The highest BCUT2D eigenvalue weighted by Gasteiger charge is 2.24. The minimum atomic E-state index is -3.62. The van der Waals surface area contributed by atoms with Gasteiger partial charge in [0, 0.05) is 6.04 Å². The summed E-state index contributed by atoms with van der Waals surface area (Å²) in [5.74, 6) is 0.200. The van der Waals surface area contributed by atoms with E-state index in [2.05, 4.69) is 4.72 Å². The molecule has 0 aliphatic rings. The number of sulfonamides is 1. The molecule has 1 aromatic rings. The summed E-state index contributed by atoms with van der Waals surface area (Å²) in [7, 11) is -2.21. The van der Waals surface area contributed by atoms with Gasteiger partial charge in [0.15, 0.2) is 5.75 Å². The van der Waals surface area contributed by atoms with Gasteiger partial charge in [0.1, 0.15) is 4.90 Å². The van der Waals surface area contributed by atoms with Gasteiger partial charge in [-0.3, -0.25) is 0 Å². The molecule has 18 heavy (non-hydrogen) atoms. The normalized spacial score (nSPS) is 11.9. The van der Waals surface area contributed by atoms with Crippen LogP contribution in [0.2, 0.25) is 0 Å². The molecule has 0 bridgehead atoms. The second-order valence-electron chi connectivity index (χ2n) is 4.54. The van der Waals surface area contributed by atoms with Crippen LogP contribution in [0.5, 0.6) is 5.75 Å². The molecule has 1 rings (SSSR count). The van der Waals surface area contributed by atoms with E-state index in [1.165, 1.54) is 7.11 Å². The van der Waals surface area contributed by atoms with Crippen molar-refractivity contribution in [3.8, 4) is 5.75 Å². The Bertz CT molecular complexity index is 551. The first-order valence-corrected chi connectivity index (χ1v) is 7.15. The molecule has 0 heterocycles. The average Bonchev–Trinajstić information content (AvgIpc) is 2.23. The van der Waals surface area contributed by atoms with E-state index in [-0.39, 0.29) is 16.7 Å². The van der Waals surface area contributed by atoms with E-state index in [9.17, 15) is 8.42 Å². The third kappa shape index (κ3) is 2.76. The molecule has 1 aromatic carbocycles. The quantitative estimate of drug-likeness (QED) is 0.815. The molecule has 0 aliphatic heterocycles. The summed E-state index contributed by atoms with van der Waals surface area (Å²) in [5.41, 5.74) is 7.91. The highest BCUT2D eigenvalue weighted by Crippen LogP contribution is 2.34. The van der Waals surface area contributed by atoms with Gasteiger partial charge in [0.2, 0.25) is 10.0 Å². The molecule has 0 aliphatic carbocycles. The summed E-state index contributed by atoms with van der Waals surface area (Å²) in [5, 5.41) is 0. The van der Waals surface area contributed by atoms with E-state index in [1.807, 2.05) is 13.8 Å². The lowest BCUT2D eigenvalue weighted by atomic mass is 10.1. The molecular formula is C12H20N2O3S. The van der Waals surface area contributed by atoms with Gasteiger partial charge in [-0.15, -0.1) is 0 Å². The minimum Gasteiger partial charge on any atom is -0.493 e. The molecule has 0 amide bonds. The van der Waals surface area contributed by atoms with Crippen LogP contribution < -0.4 is 15.2 Å². The van der Waals surface area contributed by atoms with Gasteiger partial charge in [0.05, 0.1) is 12.8 Å². The van der Waals surface area contributed by atoms with Crippen LogP contribution in [0.3, 0.4) is 0 Å². The average molecular weight is 272 g/mol. The zero-order valence-corrected chi connectivity index (χ0v) is 12.2. The van der Waals surface area contributed by atoms with Crippen molar-refractivity contribution in [2.24, 2.45) is 0 Å². The predicted molar refractivity (Wildman–Crippen MR) is 72.3 cm³/mol. The van der Waals surface area contributed by atoms with Crippen LogP contribution in [-0.4, -0.2) is 21.6 Å². The Morgan fingerprint density at radius 3 is 2.33 bits per heavy atom. The van der Waals surface area contributed by atoms with Crippen molar-refractivity contribution in [1.29, 1.82) is 0 Å². The minimum absolute atomic E-state index is 0.0827. The second kappa shape index (κ2) is 5.16. The summed E-state index contributed by atoms with van der Waals surface area (Å²) in [6, 6.07) is 1.39. The molecule has 3 N–H and O–H groups in total. The van der Waals surface area contributed by atoms with Crippen LogP contribution in [0.25, 0.3) is 0 Å². The van der Waals surface area contributed by atoms with Crippen LogP contribution in [-0.2, 0) is 10.0 Å². The van der Waals surface area contributed by atoms with Crippen LogP contribution >= 0.6 is 0 Å². The van der Waals surface area contributed by atoms with Crippen molar-refractivity contribution in [3.63, 3.8) is 0 Å². The first kappa shape index (κ1) is 14.8. The molecule has 6 heteroatoms. The number of ether oxygens (including phenoxy) is 1. The first-order chi connectivity index (χ1) is 8.20. The van der Waals surface area contributed by atoms with E-state index in [0.29, 0.717) is 5.69 Å². The Labute approximate surface area is 108 Å². The number of benzene rings is 1. The molecule has 102 valence electrons. The molecular weight excluding hydrogens is 252 g/mol. The summed E-state index contributed by atoms with van der Waals surface area (Å²) >= 11 is 0. The monoisotopic (exact) mass is 272 g/mol. The number of anilines is 1. The van der Waals surface area contributed by atoms with Crippen molar-refractivity contribution in [2.75, 3.05) is 12.8 Å². The third-order valence-electron chi connectivity index (χ3n) is 2.70. The van der Waals surface area contributed by atoms with Crippen LogP contribution in [0, 0.1) is 13.8 Å². The summed E-state index contributed by atoms with van der Waals surface area (Å²) in [4.78, 5) is 0.0827. The lowest BCUT2D eigenvalue weighted by Gasteiger charge is -2.17. The number of nitrogens with two attached hydrogens (primary N) is 1. The highest BCUT2D eigenvalue weighted by atomic mass is 32.2. The number of nitrogen functional groups attached to an aromatic ring is 1. The fraction of sp³-hybridized carbons (Fsp3) is 0.500. The van der Waals surface area contributed by atoms with Crippen LogP contribution in [0.15, 0.2) is 11.0 Å². The van der Waals surface area contributed by atoms with Crippen molar-refractivity contribution in [1.82, 2.24) is 4.72 Å². The second-order valence-corrected chi connectivity index (χ2v) is 6.22. The molecule has 0 saturated carbocycles. The SMILES string of the molecule is COc1c(S(=O)(=O)NC(C)C)cc(C)c(C)c1N. The third-order valence-corrected chi connectivity index (χ3v) is 4.36. The Hall–Kier alpha value is -1.27. The summed E-state index contributed by atoms with van der Waals surface area (Å²) in [6.45, 7) is 7.17. The largest absolute Gasteiger partial charge is 0.493 e. The Kier molecular flexibility index (Phi) is 4.24. The van der Waals surface area contributed by atoms with Crippen LogP contribution in [0.4, 0.5) is 5.69 Å². The molecule has 0 aromatic heterocycles. The maximum Gasteiger partial charge on any atom is 0.244 e. The van der Waals surface area contributed by atoms with Gasteiger partial charge >= 0.3 is 0 Å². The number of aryl methyl sites for hydroxylation is 1. The van der Waals surface area contributed by atoms with Gasteiger partial charge in [0.25, 0.3) is 0 Å². The standard InChI is InChI=1S/C12H20N2O3S/c1-7(2)14-18(15,16)10-6-8(3)9(4)11(13)12(10)17-5/h6-7,14H,13H2,1-5H3.